The largest absolute Gasteiger partial charge is 0.488 e. The third kappa shape index (κ3) is 3.70. The Morgan fingerprint density at radius 1 is 1.07 bits per heavy atom. The van der Waals surface area contributed by atoms with Gasteiger partial charge in [-0.25, -0.2) is 0 Å². The van der Waals surface area contributed by atoms with Gasteiger partial charge in [-0.3, -0.25) is 4.79 Å². The summed E-state index contributed by atoms with van der Waals surface area (Å²) in [6.45, 7) is 0.327. The lowest BCUT2D eigenvalue weighted by molar-refractivity contribution is -0.113. The Kier molecular flexibility index (Phi) is 4.88. The zero-order valence-electron chi connectivity index (χ0n) is 14.2. The first-order chi connectivity index (χ1) is 13.1. The summed E-state index contributed by atoms with van der Waals surface area (Å²) in [6.07, 6.45) is 1.79. The molecule has 27 heavy (non-hydrogen) atoms. The van der Waals surface area contributed by atoms with Crippen molar-refractivity contribution in [2.24, 2.45) is 10.7 Å². The molecule has 3 aromatic rings. The van der Waals surface area contributed by atoms with Crippen molar-refractivity contribution in [2.75, 3.05) is 0 Å². The molecular formula is C21H15ClN2O2S. The smallest absolute Gasteiger partial charge is 0.286 e. The number of amides is 1. The number of carbonyl (C=O) groups is 1. The average Bonchev–Trinajstić information content (AvgIpc) is 2.99. The maximum absolute atomic E-state index is 12.0. The Balaban J connectivity index is 1.75. The first-order valence-corrected chi connectivity index (χ1v) is 9.47. The third-order valence-corrected chi connectivity index (χ3v) is 5.37. The van der Waals surface area contributed by atoms with Crippen LogP contribution in [0.4, 0.5) is 0 Å². The maximum Gasteiger partial charge on any atom is 0.286 e. The fourth-order valence-corrected chi connectivity index (χ4v) is 3.73. The summed E-state index contributed by atoms with van der Waals surface area (Å²) in [5, 5.41) is 2.95. The molecule has 0 fully saturated rings. The molecular weight excluding hydrogens is 380 g/mol. The lowest BCUT2D eigenvalue weighted by Gasteiger charge is -2.13. The number of ether oxygens (including phenoxy) is 1. The Hall–Kier alpha value is -2.76. The van der Waals surface area contributed by atoms with E-state index in [1.807, 2.05) is 60.7 Å². The number of hydrogen-bond acceptors (Lipinski definition) is 4. The van der Waals surface area contributed by atoms with E-state index >= 15 is 0 Å². The van der Waals surface area contributed by atoms with E-state index in [9.17, 15) is 4.79 Å². The van der Waals surface area contributed by atoms with Gasteiger partial charge in [0.1, 0.15) is 12.4 Å². The van der Waals surface area contributed by atoms with Gasteiger partial charge in [0.25, 0.3) is 5.91 Å². The molecule has 0 aliphatic carbocycles. The van der Waals surface area contributed by atoms with E-state index in [2.05, 4.69) is 4.99 Å². The van der Waals surface area contributed by atoms with Crippen molar-refractivity contribution in [2.45, 2.75) is 6.61 Å². The SMILES string of the molecule is NC1=NC(=O)C(=Cc2c(OCc3ccccc3Cl)ccc3ccccc23)S1. The normalized spacial score (nSPS) is 15.4. The van der Waals surface area contributed by atoms with Gasteiger partial charge in [-0.2, -0.15) is 4.99 Å². The van der Waals surface area contributed by atoms with Crippen molar-refractivity contribution in [3.8, 4) is 5.75 Å². The number of carbonyl (C=O) groups excluding carboxylic acids is 1. The molecule has 4 nitrogen and oxygen atoms in total. The quantitative estimate of drug-likeness (QED) is 0.632. The van der Waals surface area contributed by atoms with E-state index in [1.165, 1.54) is 11.8 Å². The van der Waals surface area contributed by atoms with Crippen LogP contribution in [0.3, 0.4) is 0 Å². The number of benzene rings is 3. The zero-order valence-corrected chi connectivity index (χ0v) is 15.8. The summed E-state index contributed by atoms with van der Waals surface area (Å²) in [4.78, 5) is 16.3. The molecule has 0 aromatic heterocycles. The number of hydrogen-bond donors (Lipinski definition) is 1. The molecule has 0 unspecified atom stereocenters. The van der Waals surface area contributed by atoms with Gasteiger partial charge in [-0.15, -0.1) is 0 Å². The van der Waals surface area contributed by atoms with Crippen LogP contribution in [0.5, 0.6) is 5.75 Å². The number of nitrogens with two attached hydrogens (primary N) is 1. The molecule has 2 N–H and O–H groups in total. The van der Waals surface area contributed by atoms with Gasteiger partial charge >= 0.3 is 0 Å². The molecule has 6 heteroatoms. The zero-order chi connectivity index (χ0) is 18.8. The molecule has 3 aromatic carbocycles. The Labute approximate surface area is 165 Å². The fourth-order valence-electron chi connectivity index (χ4n) is 2.88. The van der Waals surface area contributed by atoms with E-state index in [0.29, 0.717) is 22.3 Å². The van der Waals surface area contributed by atoms with Gasteiger partial charge in [0, 0.05) is 16.1 Å². The summed E-state index contributed by atoms with van der Waals surface area (Å²) in [6, 6.07) is 19.4. The molecule has 1 heterocycles. The van der Waals surface area contributed by atoms with E-state index in [-0.39, 0.29) is 11.1 Å². The average molecular weight is 395 g/mol. The van der Waals surface area contributed by atoms with Crippen LogP contribution in [-0.4, -0.2) is 11.1 Å². The molecule has 1 aliphatic rings. The summed E-state index contributed by atoms with van der Waals surface area (Å²) >= 11 is 7.39. The Bertz CT molecular complexity index is 1110. The van der Waals surface area contributed by atoms with Crippen LogP contribution in [0.1, 0.15) is 11.1 Å². The number of aliphatic imine (C=N–C) groups is 1. The Morgan fingerprint density at radius 3 is 2.63 bits per heavy atom. The predicted molar refractivity (Wildman–Crippen MR) is 112 cm³/mol. The standard InChI is InChI=1S/C21H15ClN2O2S/c22-17-8-4-2-6-14(17)12-26-18-10-9-13-5-1-3-7-15(13)16(18)11-19-20(25)24-21(23)27-19/h1-11H,12H2,(H2,23,24,25). The number of fused-ring (bicyclic) bond motifs is 1. The number of nitrogens with zero attached hydrogens (tertiary/aromatic N) is 1. The van der Waals surface area contributed by atoms with Crippen molar-refractivity contribution >= 4 is 51.3 Å². The molecule has 0 saturated carbocycles. The summed E-state index contributed by atoms with van der Waals surface area (Å²) in [7, 11) is 0. The van der Waals surface area contributed by atoms with Crippen LogP contribution >= 0.6 is 23.4 Å². The first kappa shape index (κ1) is 17.6. The molecule has 0 spiro atoms. The van der Waals surface area contributed by atoms with E-state index in [0.717, 1.165) is 21.9 Å². The monoisotopic (exact) mass is 394 g/mol. The molecule has 4 rings (SSSR count). The highest BCUT2D eigenvalue weighted by molar-refractivity contribution is 8.18. The summed E-state index contributed by atoms with van der Waals surface area (Å²) in [5.74, 6) is 0.336. The number of thioether (sulfide) groups is 1. The second-order valence-corrected chi connectivity index (χ2v) is 7.41. The highest BCUT2D eigenvalue weighted by atomic mass is 35.5. The fraction of sp³-hybridized carbons (Fsp3) is 0.0476. The minimum Gasteiger partial charge on any atom is -0.488 e. The van der Waals surface area contributed by atoms with Gasteiger partial charge in [-0.05, 0) is 40.7 Å². The van der Waals surface area contributed by atoms with Gasteiger partial charge in [-0.1, -0.05) is 60.1 Å². The minimum absolute atomic E-state index is 0.255. The van der Waals surface area contributed by atoms with Crippen molar-refractivity contribution < 1.29 is 9.53 Å². The summed E-state index contributed by atoms with van der Waals surface area (Å²) in [5.41, 5.74) is 7.39. The molecule has 0 atom stereocenters. The van der Waals surface area contributed by atoms with E-state index < -0.39 is 0 Å². The van der Waals surface area contributed by atoms with Crippen molar-refractivity contribution in [1.29, 1.82) is 0 Å². The van der Waals surface area contributed by atoms with Gasteiger partial charge in [0.2, 0.25) is 0 Å². The molecule has 1 amide bonds. The molecule has 1 aliphatic heterocycles. The number of halogens is 1. The molecule has 0 bridgehead atoms. The summed E-state index contributed by atoms with van der Waals surface area (Å²) < 4.78 is 6.07. The third-order valence-electron chi connectivity index (χ3n) is 4.18. The number of rotatable bonds is 4. The van der Waals surface area contributed by atoms with E-state index in [1.54, 1.807) is 6.08 Å². The number of amidine groups is 1. The highest BCUT2D eigenvalue weighted by Gasteiger charge is 2.21. The van der Waals surface area contributed by atoms with E-state index in [4.69, 9.17) is 22.1 Å². The molecule has 0 saturated heterocycles. The minimum atomic E-state index is -0.331. The second-order valence-electron chi connectivity index (χ2n) is 5.94. The van der Waals surface area contributed by atoms with Crippen LogP contribution < -0.4 is 10.5 Å². The molecule has 0 radical (unpaired) electrons. The lowest BCUT2D eigenvalue weighted by Crippen LogP contribution is -2.01. The van der Waals surface area contributed by atoms with Crippen LogP contribution in [0, 0.1) is 0 Å². The van der Waals surface area contributed by atoms with Crippen LogP contribution in [0.2, 0.25) is 5.02 Å². The highest BCUT2D eigenvalue weighted by Crippen LogP contribution is 2.35. The van der Waals surface area contributed by atoms with Gasteiger partial charge < -0.3 is 10.5 Å². The van der Waals surface area contributed by atoms with Crippen LogP contribution in [0.25, 0.3) is 16.8 Å². The lowest BCUT2D eigenvalue weighted by atomic mass is 10.0. The van der Waals surface area contributed by atoms with Crippen molar-refractivity contribution in [3.63, 3.8) is 0 Å². The predicted octanol–water partition coefficient (Wildman–Crippen LogP) is 5.00. The Morgan fingerprint density at radius 2 is 1.85 bits per heavy atom. The van der Waals surface area contributed by atoms with Crippen LogP contribution in [0.15, 0.2) is 70.6 Å². The van der Waals surface area contributed by atoms with Gasteiger partial charge in [0.15, 0.2) is 5.17 Å². The van der Waals surface area contributed by atoms with Crippen molar-refractivity contribution in [3.05, 3.63) is 81.7 Å². The van der Waals surface area contributed by atoms with Crippen LogP contribution in [-0.2, 0) is 11.4 Å². The molecule has 134 valence electrons. The maximum atomic E-state index is 12.0. The topological polar surface area (TPSA) is 64.7 Å². The van der Waals surface area contributed by atoms with Gasteiger partial charge in [0.05, 0.1) is 4.91 Å². The van der Waals surface area contributed by atoms with Crippen molar-refractivity contribution in [1.82, 2.24) is 0 Å². The first-order valence-electron chi connectivity index (χ1n) is 8.28. The second kappa shape index (κ2) is 7.47.